The zero-order chi connectivity index (χ0) is 15.6. The number of aryl methyl sites for hydroxylation is 1. The Hall–Kier alpha value is -1.95. The van der Waals surface area contributed by atoms with Crippen molar-refractivity contribution in [3.05, 3.63) is 41.7 Å². The molecule has 2 aliphatic rings. The van der Waals surface area contributed by atoms with E-state index in [2.05, 4.69) is 14.9 Å². The molecule has 1 atom stereocenters. The molecule has 0 aliphatic carbocycles. The molecule has 4 rings (SSSR count). The van der Waals surface area contributed by atoms with Crippen molar-refractivity contribution < 1.29 is 9.53 Å². The second-order valence-corrected chi connectivity index (χ2v) is 6.98. The third kappa shape index (κ3) is 3.08. The molecule has 120 valence electrons. The van der Waals surface area contributed by atoms with Crippen molar-refractivity contribution in [1.29, 1.82) is 0 Å². The van der Waals surface area contributed by atoms with Gasteiger partial charge in [0.25, 0.3) is 0 Å². The van der Waals surface area contributed by atoms with E-state index in [4.69, 9.17) is 4.74 Å². The lowest BCUT2D eigenvalue weighted by Gasteiger charge is -2.13. The van der Waals surface area contributed by atoms with Crippen LogP contribution in [0.5, 0.6) is 5.75 Å². The predicted molar refractivity (Wildman–Crippen MR) is 88.5 cm³/mol. The minimum Gasteiger partial charge on any atom is -0.493 e. The van der Waals surface area contributed by atoms with E-state index in [-0.39, 0.29) is 11.8 Å². The van der Waals surface area contributed by atoms with Gasteiger partial charge in [-0.25, -0.2) is 4.98 Å². The van der Waals surface area contributed by atoms with Crippen LogP contribution in [0.4, 0.5) is 0 Å². The number of carbonyl (C=O) groups excluding carboxylic acids is 1. The molecule has 0 saturated heterocycles. The van der Waals surface area contributed by atoms with Gasteiger partial charge in [-0.15, -0.1) is 0 Å². The first-order valence-corrected chi connectivity index (χ1v) is 8.95. The fourth-order valence-electron chi connectivity index (χ4n) is 3.08. The van der Waals surface area contributed by atoms with Crippen LogP contribution in [0.15, 0.2) is 35.6 Å². The van der Waals surface area contributed by atoms with Crippen LogP contribution in [-0.2, 0) is 24.3 Å². The summed E-state index contributed by atoms with van der Waals surface area (Å²) in [6, 6.07) is 7.97. The van der Waals surface area contributed by atoms with Crippen molar-refractivity contribution in [1.82, 2.24) is 14.9 Å². The third-order valence-electron chi connectivity index (χ3n) is 4.33. The lowest BCUT2D eigenvalue weighted by molar-refractivity contribution is -0.125. The van der Waals surface area contributed by atoms with Gasteiger partial charge in [-0.2, -0.15) is 0 Å². The Labute approximate surface area is 139 Å². The highest BCUT2D eigenvalue weighted by Gasteiger charge is 2.24. The maximum absolute atomic E-state index is 12.5. The van der Waals surface area contributed by atoms with Crippen LogP contribution in [0.2, 0.25) is 0 Å². The lowest BCUT2D eigenvalue weighted by Crippen LogP contribution is -2.32. The number of benzene rings is 1. The van der Waals surface area contributed by atoms with Crippen molar-refractivity contribution in [3.8, 4) is 5.75 Å². The third-order valence-corrected chi connectivity index (χ3v) is 5.30. The summed E-state index contributed by atoms with van der Waals surface area (Å²) in [4.78, 5) is 17.1. The normalized spacial score (nSPS) is 19.4. The van der Waals surface area contributed by atoms with Crippen LogP contribution in [0.3, 0.4) is 0 Å². The number of nitrogens with one attached hydrogen (secondary N) is 1. The van der Waals surface area contributed by atoms with E-state index in [1.165, 1.54) is 0 Å². The molecule has 3 heterocycles. The molecule has 1 aromatic carbocycles. The molecular formula is C17H19N3O2S. The summed E-state index contributed by atoms with van der Waals surface area (Å²) in [6.07, 6.45) is 3.52. The molecule has 1 amide bonds. The number of aromatic nitrogens is 2. The number of hydrogen-bond donors (Lipinski definition) is 1. The highest BCUT2D eigenvalue weighted by molar-refractivity contribution is 7.99. The summed E-state index contributed by atoms with van der Waals surface area (Å²) in [5, 5.41) is 4.10. The smallest absolute Gasteiger partial charge is 0.223 e. The van der Waals surface area contributed by atoms with Crippen LogP contribution in [0.1, 0.15) is 17.7 Å². The summed E-state index contributed by atoms with van der Waals surface area (Å²) >= 11 is 1.77. The molecule has 1 N–H and O–H groups in total. The second-order valence-electron chi connectivity index (χ2n) is 5.92. The summed E-state index contributed by atoms with van der Waals surface area (Å²) in [7, 11) is 0. The number of ether oxygens (including phenoxy) is 1. The van der Waals surface area contributed by atoms with Crippen molar-refractivity contribution in [3.63, 3.8) is 0 Å². The number of fused-ring (bicyclic) bond motifs is 2. The fraction of sp³-hybridized carbons (Fsp3) is 0.412. The first kappa shape index (κ1) is 14.6. The van der Waals surface area contributed by atoms with Gasteiger partial charge in [-0.05, 0) is 24.5 Å². The number of nitrogens with zero attached hydrogens (tertiary/aromatic N) is 2. The second kappa shape index (κ2) is 6.28. The van der Waals surface area contributed by atoms with E-state index >= 15 is 0 Å². The van der Waals surface area contributed by atoms with Crippen LogP contribution >= 0.6 is 11.8 Å². The summed E-state index contributed by atoms with van der Waals surface area (Å²) in [5.41, 5.74) is 2.05. The van der Waals surface area contributed by atoms with E-state index in [1.54, 1.807) is 11.8 Å². The zero-order valence-corrected chi connectivity index (χ0v) is 13.6. The van der Waals surface area contributed by atoms with Gasteiger partial charge in [0.05, 0.1) is 18.8 Å². The van der Waals surface area contributed by atoms with Gasteiger partial charge in [0.1, 0.15) is 5.75 Å². The maximum Gasteiger partial charge on any atom is 0.223 e. The standard InChI is InChI=1S/C17H19N3O2S/c21-16(18-10-14-11-20-6-8-23-17(20)19-14)13-5-7-22-15-4-2-1-3-12(15)9-13/h1-4,11,13H,5-10H2,(H,18,21)/t13-/m1/s1. The molecule has 1 aromatic heterocycles. The molecule has 5 nitrogen and oxygen atoms in total. The van der Waals surface area contributed by atoms with E-state index in [1.807, 2.05) is 30.5 Å². The Kier molecular flexibility index (Phi) is 3.99. The van der Waals surface area contributed by atoms with Crippen LogP contribution in [0, 0.1) is 5.92 Å². The molecule has 6 heteroatoms. The number of carbonyl (C=O) groups is 1. The fourth-order valence-corrected chi connectivity index (χ4v) is 4.05. The molecular weight excluding hydrogens is 310 g/mol. The number of amides is 1. The Morgan fingerprint density at radius 1 is 1.43 bits per heavy atom. The number of imidazole rings is 1. The zero-order valence-electron chi connectivity index (χ0n) is 12.8. The molecule has 0 bridgehead atoms. The average Bonchev–Trinajstić information content (AvgIpc) is 3.07. The van der Waals surface area contributed by atoms with Crippen molar-refractivity contribution in [2.75, 3.05) is 12.4 Å². The largest absolute Gasteiger partial charge is 0.493 e. The van der Waals surface area contributed by atoms with Gasteiger partial charge in [-0.1, -0.05) is 30.0 Å². The first-order valence-electron chi connectivity index (χ1n) is 7.97. The lowest BCUT2D eigenvalue weighted by atomic mass is 9.96. The molecule has 0 radical (unpaired) electrons. The highest BCUT2D eigenvalue weighted by Crippen LogP contribution is 2.27. The van der Waals surface area contributed by atoms with Crippen molar-refractivity contribution in [2.45, 2.75) is 31.1 Å². The van der Waals surface area contributed by atoms with Crippen LogP contribution in [0.25, 0.3) is 0 Å². The Morgan fingerprint density at radius 2 is 2.35 bits per heavy atom. The van der Waals surface area contributed by atoms with Crippen molar-refractivity contribution in [2.24, 2.45) is 5.92 Å². The molecule has 0 fully saturated rings. The monoisotopic (exact) mass is 329 g/mol. The molecule has 2 aliphatic heterocycles. The average molecular weight is 329 g/mol. The Balaban J connectivity index is 1.38. The molecule has 0 unspecified atom stereocenters. The maximum atomic E-state index is 12.5. The van der Waals surface area contributed by atoms with Gasteiger partial charge in [0.2, 0.25) is 5.91 Å². The first-order chi connectivity index (χ1) is 11.3. The SMILES string of the molecule is O=C(NCc1cn2c(n1)SCC2)[C@@H]1CCOc2ccccc2C1. The van der Waals surface area contributed by atoms with Crippen molar-refractivity contribution >= 4 is 17.7 Å². The van der Waals surface area contributed by atoms with Gasteiger partial charge in [-0.3, -0.25) is 4.79 Å². The van der Waals surface area contributed by atoms with Gasteiger partial charge in [0, 0.05) is 24.4 Å². The number of hydrogen-bond acceptors (Lipinski definition) is 4. The molecule has 0 spiro atoms. The molecule has 2 aromatic rings. The summed E-state index contributed by atoms with van der Waals surface area (Å²) in [6.45, 7) is 2.10. The van der Waals surface area contributed by atoms with E-state index < -0.39 is 0 Å². The number of rotatable bonds is 3. The predicted octanol–water partition coefficient (Wildman–Crippen LogP) is 2.25. The van der Waals surface area contributed by atoms with E-state index in [9.17, 15) is 4.79 Å². The van der Waals surface area contributed by atoms with E-state index in [0.717, 1.165) is 47.3 Å². The van der Waals surface area contributed by atoms with Gasteiger partial charge < -0.3 is 14.6 Å². The minimum atomic E-state index is -0.0394. The van der Waals surface area contributed by atoms with E-state index in [0.29, 0.717) is 13.2 Å². The minimum absolute atomic E-state index is 0.0394. The highest BCUT2D eigenvalue weighted by atomic mass is 32.2. The number of para-hydroxylation sites is 1. The van der Waals surface area contributed by atoms with Crippen LogP contribution in [-0.4, -0.2) is 27.8 Å². The number of thioether (sulfide) groups is 1. The van der Waals surface area contributed by atoms with Gasteiger partial charge >= 0.3 is 0 Å². The topological polar surface area (TPSA) is 56.2 Å². The Morgan fingerprint density at radius 3 is 3.26 bits per heavy atom. The molecule has 0 saturated carbocycles. The summed E-state index contributed by atoms with van der Waals surface area (Å²) in [5.74, 6) is 2.05. The quantitative estimate of drug-likeness (QED) is 0.938. The van der Waals surface area contributed by atoms with Gasteiger partial charge in [0.15, 0.2) is 5.16 Å². The summed E-state index contributed by atoms with van der Waals surface area (Å²) < 4.78 is 7.89. The van der Waals surface area contributed by atoms with Crippen LogP contribution < -0.4 is 10.1 Å². The Bertz CT molecular complexity index is 707. The molecule has 23 heavy (non-hydrogen) atoms.